The number of piperidine rings is 2. The van der Waals surface area contributed by atoms with Crippen LogP contribution in [0.15, 0.2) is 0 Å². The van der Waals surface area contributed by atoms with Gasteiger partial charge in [-0.15, -0.1) is 0 Å². The number of nitrogens with zero attached hydrogens (tertiary/aromatic N) is 2. The Kier molecular flexibility index (Phi) is 5.22. The van der Waals surface area contributed by atoms with Crippen molar-refractivity contribution in [3.63, 3.8) is 0 Å². The highest BCUT2D eigenvalue weighted by Crippen LogP contribution is 2.17. The third-order valence-electron chi connectivity index (χ3n) is 4.67. The number of rotatable bonds is 3. The summed E-state index contributed by atoms with van der Waals surface area (Å²) < 4.78 is 0. The molecule has 0 atom stereocenters. The first-order valence-corrected chi connectivity index (χ1v) is 7.82. The Hall–Kier alpha value is -0.610. The lowest BCUT2D eigenvalue weighted by Crippen LogP contribution is -2.51. The maximum Gasteiger partial charge on any atom is 0.219 e. The normalized spacial score (nSPS) is 24.1. The Morgan fingerprint density at radius 1 is 1.00 bits per heavy atom. The van der Waals surface area contributed by atoms with Crippen molar-refractivity contribution < 1.29 is 4.79 Å². The second-order valence-corrected chi connectivity index (χ2v) is 6.35. The fraction of sp³-hybridized carbons (Fsp3) is 0.933. The highest BCUT2D eigenvalue weighted by Gasteiger charge is 2.25. The van der Waals surface area contributed by atoms with Gasteiger partial charge in [0.2, 0.25) is 5.91 Å². The molecule has 2 saturated heterocycles. The smallest absolute Gasteiger partial charge is 0.219 e. The molecule has 0 spiro atoms. The monoisotopic (exact) mass is 267 g/mol. The van der Waals surface area contributed by atoms with Crippen LogP contribution in [0, 0.1) is 0 Å². The van der Waals surface area contributed by atoms with E-state index in [9.17, 15) is 4.79 Å². The Labute approximate surface area is 117 Å². The molecule has 0 bridgehead atoms. The summed E-state index contributed by atoms with van der Waals surface area (Å²) in [5.41, 5.74) is 0. The second-order valence-electron chi connectivity index (χ2n) is 6.35. The lowest BCUT2D eigenvalue weighted by molar-refractivity contribution is -0.129. The summed E-state index contributed by atoms with van der Waals surface area (Å²) in [6.45, 7) is 10.5. The van der Waals surface area contributed by atoms with Crippen LogP contribution in [0.4, 0.5) is 0 Å². The van der Waals surface area contributed by atoms with Gasteiger partial charge in [0.05, 0.1) is 0 Å². The molecule has 0 aromatic heterocycles. The molecule has 110 valence electrons. The zero-order valence-corrected chi connectivity index (χ0v) is 12.7. The van der Waals surface area contributed by atoms with Crippen LogP contribution in [-0.4, -0.2) is 60.0 Å². The van der Waals surface area contributed by atoms with Gasteiger partial charge in [-0.2, -0.15) is 0 Å². The van der Waals surface area contributed by atoms with Crippen LogP contribution in [0.3, 0.4) is 0 Å². The third-order valence-corrected chi connectivity index (χ3v) is 4.67. The number of likely N-dealkylation sites (tertiary alicyclic amines) is 2. The molecule has 0 radical (unpaired) electrons. The van der Waals surface area contributed by atoms with Crippen LogP contribution >= 0.6 is 0 Å². The first-order chi connectivity index (χ1) is 9.06. The molecule has 2 aliphatic rings. The SMILES string of the molecule is CC(=O)N1CCC(NC2CCN(C(C)C)CC2)CC1. The molecule has 0 aliphatic carbocycles. The van der Waals surface area contributed by atoms with Crippen molar-refractivity contribution in [2.45, 2.75) is 64.6 Å². The fourth-order valence-corrected chi connectivity index (χ4v) is 3.28. The van der Waals surface area contributed by atoms with E-state index in [0.717, 1.165) is 25.9 Å². The number of nitrogens with one attached hydrogen (secondary N) is 1. The summed E-state index contributed by atoms with van der Waals surface area (Å²) in [5, 5.41) is 3.81. The van der Waals surface area contributed by atoms with Gasteiger partial charge in [-0.05, 0) is 52.6 Å². The van der Waals surface area contributed by atoms with Crippen molar-refractivity contribution in [3.8, 4) is 0 Å². The second kappa shape index (κ2) is 6.71. The van der Waals surface area contributed by atoms with Crippen LogP contribution in [0.25, 0.3) is 0 Å². The molecule has 0 aromatic carbocycles. The van der Waals surface area contributed by atoms with E-state index in [4.69, 9.17) is 0 Å². The van der Waals surface area contributed by atoms with Crippen molar-refractivity contribution >= 4 is 5.91 Å². The molecule has 4 heteroatoms. The molecule has 0 unspecified atom stereocenters. The lowest BCUT2D eigenvalue weighted by atomic mass is 9.99. The number of carbonyl (C=O) groups is 1. The van der Waals surface area contributed by atoms with E-state index in [-0.39, 0.29) is 5.91 Å². The van der Waals surface area contributed by atoms with Gasteiger partial charge in [0, 0.05) is 38.1 Å². The Morgan fingerprint density at radius 2 is 1.47 bits per heavy atom. The van der Waals surface area contributed by atoms with Gasteiger partial charge in [-0.1, -0.05) is 0 Å². The van der Waals surface area contributed by atoms with E-state index in [2.05, 4.69) is 24.1 Å². The molecule has 4 nitrogen and oxygen atoms in total. The number of hydrogen-bond donors (Lipinski definition) is 1. The van der Waals surface area contributed by atoms with E-state index in [1.165, 1.54) is 25.9 Å². The highest BCUT2D eigenvalue weighted by molar-refractivity contribution is 5.73. The van der Waals surface area contributed by atoms with Gasteiger partial charge >= 0.3 is 0 Å². The molecular formula is C15H29N3O. The van der Waals surface area contributed by atoms with Gasteiger partial charge in [0.15, 0.2) is 0 Å². The first-order valence-electron chi connectivity index (χ1n) is 7.82. The van der Waals surface area contributed by atoms with Crippen LogP contribution in [0.1, 0.15) is 46.5 Å². The molecule has 2 fully saturated rings. The quantitative estimate of drug-likeness (QED) is 0.841. The molecule has 19 heavy (non-hydrogen) atoms. The van der Waals surface area contributed by atoms with Gasteiger partial charge in [-0.25, -0.2) is 0 Å². The minimum absolute atomic E-state index is 0.226. The predicted octanol–water partition coefficient (Wildman–Crippen LogP) is 1.46. The van der Waals surface area contributed by atoms with Crippen molar-refractivity contribution in [2.24, 2.45) is 0 Å². The number of amides is 1. The zero-order chi connectivity index (χ0) is 13.8. The van der Waals surface area contributed by atoms with Gasteiger partial charge in [0.1, 0.15) is 0 Å². The molecular weight excluding hydrogens is 238 g/mol. The minimum atomic E-state index is 0.226. The van der Waals surface area contributed by atoms with Crippen molar-refractivity contribution in [1.82, 2.24) is 15.1 Å². The van der Waals surface area contributed by atoms with E-state index in [1.807, 2.05) is 4.90 Å². The summed E-state index contributed by atoms with van der Waals surface area (Å²) in [5.74, 6) is 0.226. The minimum Gasteiger partial charge on any atom is -0.343 e. The average Bonchev–Trinajstić information content (AvgIpc) is 2.40. The highest BCUT2D eigenvalue weighted by atomic mass is 16.2. The van der Waals surface area contributed by atoms with Crippen molar-refractivity contribution in [1.29, 1.82) is 0 Å². The summed E-state index contributed by atoms with van der Waals surface area (Å²) in [7, 11) is 0. The largest absolute Gasteiger partial charge is 0.343 e. The van der Waals surface area contributed by atoms with Crippen LogP contribution in [-0.2, 0) is 4.79 Å². The van der Waals surface area contributed by atoms with Crippen molar-refractivity contribution in [3.05, 3.63) is 0 Å². The van der Waals surface area contributed by atoms with Crippen LogP contribution in [0.5, 0.6) is 0 Å². The third kappa shape index (κ3) is 4.18. The summed E-state index contributed by atoms with van der Waals surface area (Å²) in [6, 6.07) is 1.98. The number of carbonyl (C=O) groups excluding carboxylic acids is 1. The summed E-state index contributed by atoms with van der Waals surface area (Å²) >= 11 is 0. The maximum absolute atomic E-state index is 11.3. The molecule has 1 N–H and O–H groups in total. The summed E-state index contributed by atoms with van der Waals surface area (Å²) in [4.78, 5) is 15.8. The maximum atomic E-state index is 11.3. The van der Waals surface area contributed by atoms with E-state index in [0.29, 0.717) is 18.1 Å². The molecule has 2 aliphatic heterocycles. The number of hydrogen-bond acceptors (Lipinski definition) is 3. The molecule has 0 saturated carbocycles. The fourth-order valence-electron chi connectivity index (χ4n) is 3.28. The van der Waals surface area contributed by atoms with Crippen molar-refractivity contribution in [2.75, 3.05) is 26.2 Å². The average molecular weight is 267 g/mol. The predicted molar refractivity (Wildman–Crippen MR) is 78.1 cm³/mol. The topological polar surface area (TPSA) is 35.6 Å². The molecule has 2 rings (SSSR count). The molecule has 1 amide bonds. The lowest BCUT2D eigenvalue weighted by Gasteiger charge is -2.38. The van der Waals surface area contributed by atoms with E-state index >= 15 is 0 Å². The van der Waals surface area contributed by atoms with Crippen LogP contribution < -0.4 is 5.32 Å². The van der Waals surface area contributed by atoms with E-state index < -0.39 is 0 Å². The Balaban J connectivity index is 1.68. The molecule has 0 aromatic rings. The van der Waals surface area contributed by atoms with Crippen LogP contribution in [0.2, 0.25) is 0 Å². The van der Waals surface area contributed by atoms with Gasteiger partial charge in [0.25, 0.3) is 0 Å². The van der Waals surface area contributed by atoms with Gasteiger partial charge in [-0.3, -0.25) is 4.79 Å². The molecule has 2 heterocycles. The Morgan fingerprint density at radius 3 is 1.89 bits per heavy atom. The van der Waals surface area contributed by atoms with E-state index in [1.54, 1.807) is 6.92 Å². The first kappa shape index (κ1) is 14.8. The zero-order valence-electron chi connectivity index (χ0n) is 12.7. The van der Waals surface area contributed by atoms with Gasteiger partial charge < -0.3 is 15.1 Å². The Bertz CT molecular complexity index is 290. The standard InChI is InChI=1S/C15H29N3O/c1-12(2)17-8-4-14(5-9-17)16-15-6-10-18(11-7-15)13(3)19/h12,14-16H,4-11H2,1-3H3. The summed E-state index contributed by atoms with van der Waals surface area (Å²) in [6.07, 6.45) is 4.77.